The van der Waals surface area contributed by atoms with Gasteiger partial charge >= 0.3 is 0 Å². The SMILES string of the molecule is CCCCCCl.NC(=O)c1ccccn1. The molecule has 0 unspecified atom stereocenters. The molecule has 1 rings (SSSR count). The lowest BCUT2D eigenvalue weighted by Gasteiger charge is -1.88. The number of aromatic nitrogens is 1. The lowest BCUT2D eigenvalue weighted by atomic mass is 10.3. The van der Waals surface area contributed by atoms with Crippen LogP contribution in [0.4, 0.5) is 0 Å². The number of unbranched alkanes of at least 4 members (excludes halogenated alkanes) is 2. The van der Waals surface area contributed by atoms with Crippen LogP contribution < -0.4 is 5.73 Å². The van der Waals surface area contributed by atoms with E-state index in [2.05, 4.69) is 11.9 Å². The average molecular weight is 229 g/mol. The van der Waals surface area contributed by atoms with Crippen molar-refractivity contribution in [3.8, 4) is 0 Å². The molecule has 0 saturated carbocycles. The van der Waals surface area contributed by atoms with Gasteiger partial charge in [-0.3, -0.25) is 9.78 Å². The van der Waals surface area contributed by atoms with E-state index < -0.39 is 5.91 Å². The molecule has 3 nitrogen and oxygen atoms in total. The van der Waals surface area contributed by atoms with Crippen molar-refractivity contribution in [2.75, 3.05) is 5.88 Å². The number of carbonyl (C=O) groups excluding carboxylic acids is 1. The fourth-order valence-electron chi connectivity index (χ4n) is 0.853. The highest BCUT2D eigenvalue weighted by atomic mass is 35.5. The summed E-state index contributed by atoms with van der Waals surface area (Å²) in [5.74, 6) is 0.337. The molecule has 0 fully saturated rings. The lowest BCUT2D eigenvalue weighted by molar-refractivity contribution is 0.0995. The van der Waals surface area contributed by atoms with Crippen molar-refractivity contribution in [3.63, 3.8) is 0 Å². The highest BCUT2D eigenvalue weighted by Crippen LogP contribution is 1.93. The Morgan fingerprint density at radius 1 is 1.47 bits per heavy atom. The van der Waals surface area contributed by atoms with Crippen LogP contribution in [-0.2, 0) is 0 Å². The Balaban J connectivity index is 0.000000288. The summed E-state index contributed by atoms with van der Waals surface area (Å²) in [7, 11) is 0. The zero-order chi connectivity index (χ0) is 11.5. The molecule has 84 valence electrons. The fourth-order valence-corrected chi connectivity index (χ4v) is 1.04. The number of hydrogen-bond acceptors (Lipinski definition) is 2. The number of hydrogen-bond donors (Lipinski definition) is 1. The zero-order valence-corrected chi connectivity index (χ0v) is 9.70. The molecule has 15 heavy (non-hydrogen) atoms. The molecular formula is C11H17ClN2O. The van der Waals surface area contributed by atoms with Crippen molar-refractivity contribution in [1.29, 1.82) is 0 Å². The summed E-state index contributed by atoms with van der Waals surface area (Å²) in [6, 6.07) is 5.02. The molecule has 0 aliphatic carbocycles. The van der Waals surface area contributed by atoms with E-state index in [0.29, 0.717) is 5.69 Å². The second-order valence-corrected chi connectivity index (χ2v) is 3.35. The first-order chi connectivity index (χ1) is 7.22. The van der Waals surface area contributed by atoms with Crippen LogP contribution in [0.25, 0.3) is 0 Å². The van der Waals surface area contributed by atoms with Crippen molar-refractivity contribution < 1.29 is 4.79 Å². The van der Waals surface area contributed by atoms with Gasteiger partial charge in [-0.2, -0.15) is 0 Å². The molecule has 1 amide bonds. The number of halogens is 1. The van der Waals surface area contributed by atoms with Gasteiger partial charge in [-0.25, -0.2) is 0 Å². The van der Waals surface area contributed by atoms with Gasteiger partial charge in [0, 0.05) is 12.1 Å². The van der Waals surface area contributed by atoms with Gasteiger partial charge in [-0.15, -0.1) is 11.6 Å². The van der Waals surface area contributed by atoms with Gasteiger partial charge in [0.05, 0.1) is 0 Å². The maximum atomic E-state index is 10.4. The number of nitrogens with zero attached hydrogens (tertiary/aromatic N) is 1. The predicted molar refractivity (Wildman–Crippen MR) is 63.0 cm³/mol. The molecule has 1 aromatic heterocycles. The monoisotopic (exact) mass is 228 g/mol. The van der Waals surface area contributed by atoms with Crippen molar-refractivity contribution in [3.05, 3.63) is 30.1 Å². The van der Waals surface area contributed by atoms with Gasteiger partial charge < -0.3 is 5.73 Å². The van der Waals surface area contributed by atoms with Crippen molar-refractivity contribution in [1.82, 2.24) is 4.98 Å². The number of pyridine rings is 1. The number of rotatable bonds is 4. The molecule has 0 aliphatic rings. The number of nitrogens with two attached hydrogens (primary N) is 1. The van der Waals surface area contributed by atoms with E-state index in [0.717, 1.165) is 5.88 Å². The van der Waals surface area contributed by atoms with Gasteiger partial charge in [0.2, 0.25) is 0 Å². The largest absolute Gasteiger partial charge is 0.364 e. The third kappa shape index (κ3) is 7.94. The summed E-state index contributed by atoms with van der Waals surface area (Å²) in [5.41, 5.74) is 5.22. The predicted octanol–water partition coefficient (Wildman–Crippen LogP) is 2.60. The fraction of sp³-hybridized carbons (Fsp3) is 0.455. The van der Waals surface area contributed by atoms with E-state index in [9.17, 15) is 4.79 Å². The number of amides is 1. The van der Waals surface area contributed by atoms with E-state index in [1.165, 1.54) is 25.5 Å². The molecule has 4 heteroatoms. The van der Waals surface area contributed by atoms with Crippen LogP contribution in [0, 0.1) is 0 Å². The maximum absolute atomic E-state index is 10.4. The van der Waals surface area contributed by atoms with E-state index >= 15 is 0 Å². The average Bonchev–Trinajstić information content (AvgIpc) is 2.28. The standard InChI is InChI=1S/C6H6N2O.C5H11Cl/c7-6(9)5-3-1-2-4-8-5;1-2-3-4-5-6/h1-4H,(H2,7,9);2-5H2,1H3. The zero-order valence-electron chi connectivity index (χ0n) is 8.95. The quantitative estimate of drug-likeness (QED) is 0.636. The van der Waals surface area contributed by atoms with Crippen LogP contribution in [0.3, 0.4) is 0 Å². The first-order valence-corrected chi connectivity index (χ1v) is 5.52. The van der Waals surface area contributed by atoms with Crippen LogP contribution in [0.5, 0.6) is 0 Å². The Bertz CT molecular complexity index is 261. The van der Waals surface area contributed by atoms with Gasteiger partial charge in [0.15, 0.2) is 0 Å². The van der Waals surface area contributed by atoms with Crippen molar-refractivity contribution >= 4 is 17.5 Å². The molecular weight excluding hydrogens is 212 g/mol. The Hall–Kier alpha value is -1.09. The summed E-state index contributed by atoms with van der Waals surface area (Å²) in [6.07, 6.45) is 5.26. The maximum Gasteiger partial charge on any atom is 0.267 e. The summed E-state index contributed by atoms with van der Waals surface area (Å²) in [6.45, 7) is 2.17. The summed E-state index contributed by atoms with van der Waals surface area (Å²) < 4.78 is 0. The van der Waals surface area contributed by atoms with E-state index in [4.69, 9.17) is 17.3 Å². The Morgan fingerprint density at radius 2 is 2.20 bits per heavy atom. The Kier molecular flexibility index (Phi) is 8.78. The molecule has 0 aromatic carbocycles. The van der Waals surface area contributed by atoms with Crippen molar-refractivity contribution in [2.45, 2.75) is 26.2 Å². The summed E-state index contributed by atoms with van der Waals surface area (Å²) in [5, 5.41) is 0. The summed E-state index contributed by atoms with van der Waals surface area (Å²) in [4.78, 5) is 14.1. The second kappa shape index (κ2) is 9.46. The molecule has 1 aromatic rings. The third-order valence-corrected chi connectivity index (χ3v) is 1.92. The van der Waals surface area contributed by atoms with E-state index in [1.54, 1.807) is 18.2 Å². The van der Waals surface area contributed by atoms with E-state index in [-0.39, 0.29) is 0 Å². The number of alkyl halides is 1. The topological polar surface area (TPSA) is 56.0 Å². The molecule has 0 saturated heterocycles. The normalized spacial score (nSPS) is 8.93. The van der Waals surface area contributed by atoms with Gasteiger partial charge in [-0.05, 0) is 18.6 Å². The molecule has 0 spiro atoms. The number of primary amides is 1. The molecule has 0 atom stereocenters. The van der Waals surface area contributed by atoms with Gasteiger partial charge in [-0.1, -0.05) is 25.8 Å². The smallest absolute Gasteiger partial charge is 0.267 e. The minimum Gasteiger partial charge on any atom is -0.364 e. The van der Waals surface area contributed by atoms with Crippen LogP contribution in [0.2, 0.25) is 0 Å². The summed E-state index contributed by atoms with van der Waals surface area (Å²) >= 11 is 5.38. The third-order valence-electron chi connectivity index (χ3n) is 1.65. The van der Waals surface area contributed by atoms with E-state index in [1.807, 2.05) is 0 Å². The minimum atomic E-state index is -0.490. The lowest BCUT2D eigenvalue weighted by Crippen LogP contribution is -2.12. The second-order valence-electron chi connectivity index (χ2n) is 2.98. The van der Waals surface area contributed by atoms with Crippen LogP contribution >= 0.6 is 11.6 Å². The first kappa shape index (κ1) is 13.9. The highest BCUT2D eigenvalue weighted by Gasteiger charge is 1.95. The molecule has 2 N–H and O–H groups in total. The molecule has 0 radical (unpaired) electrons. The molecule has 0 aliphatic heterocycles. The first-order valence-electron chi connectivity index (χ1n) is 4.99. The van der Waals surface area contributed by atoms with Crippen LogP contribution in [-0.4, -0.2) is 16.8 Å². The van der Waals surface area contributed by atoms with Crippen molar-refractivity contribution in [2.24, 2.45) is 5.73 Å². The highest BCUT2D eigenvalue weighted by molar-refractivity contribution is 6.17. The number of carbonyl (C=O) groups is 1. The van der Waals surface area contributed by atoms with Crippen LogP contribution in [0.15, 0.2) is 24.4 Å². The molecule has 0 bridgehead atoms. The molecule has 1 heterocycles. The Morgan fingerprint density at radius 3 is 2.47 bits per heavy atom. The van der Waals surface area contributed by atoms with Crippen LogP contribution in [0.1, 0.15) is 36.7 Å². The minimum absolute atomic E-state index is 0.303. The van der Waals surface area contributed by atoms with Gasteiger partial charge in [0.1, 0.15) is 5.69 Å². The van der Waals surface area contributed by atoms with Gasteiger partial charge in [0.25, 0.3) is 5.91 Å². The Labute approximate surface area is 95.7 Å².